The number of carbonyl (C=O) groups is 1. The first kappa shape index (κ1) is 16.5. The summed E-state index contributed by atoms with van der Waals surface area (Å²) in [6.07, 6.45) is -3.48. The molecule has 0 saturated carbocycles. The number of benzene rings is 1. The molecule has 0 fully saturated rings. The van der Waals surface area contributed by atoms with Crippen molar-refractivity contribution in [3.05, 3.63) is 52.8 Å². The van der Waals surface area contributed by atoms with E-state index >= 15 is 0 Å². The van der Waals surface area contributed by atoms with E-state index in [1.807, 2.05) is 19.9 Å². The van der Waals surface area contributed by atoms with Crippen LogP contribution in [0.25, 0.3) is 0 Å². The SMILES string of the molecule is Cc1ccc(C(=O)CSc2nccc(C(F)(F)F)n2)cc1C. The second-order valence-electron chi connectivity index (χ2n) is 4.73. The summed E-state index contributed by atoms with van der Waals surface area (Å²) in [4.78, 5) is 19.2. The van der Waals surface area contributed by atoms with Crippen molar-refractivity contribution in [2.75, 3.05) is 5.75 Å². The maximum absolute atomic E-state index is 12.5. The van der Waals surface area contributed by atoms with Crippen LogP contribution in [0.1, 0.15) is 27.2 Å². The molecule has 0 atom stereocenters. The van der Waals surface area contributed by atoms with Crippen LogP contribution in [0.3, 0.4) is 0 Å². The number of nitrogens with zero attached hydrogens (tertiary/aromatic N) is 2. The monoisotopic (exact) mass is 326 g/mol. The van der Waals surface area contributed by atoms with Crippen LogP contribution < -0.4 is 0 Å². The molecule has 0 aliphatic rings. The topological polar surface area (TPSA) is 42.9 Å². The maximum Gasteiger partial charge on any atom is 0.433 e. The fourth-order valence-corrected chi connectivity index (χ4v) is 2.42. The summed E-state index contributed by atoms with van der Waals surface area (Å²) in [7, 11) is 0. The summed E-state index contributed by atoms with van der Waals surface area (Å²) >= 11 is 0.892. The number of halogens is 3. The number of aryl methyl sites for hydroxylation is 2. The Labute approximate surface area is 130 Å². The van der Waals surface area contributed by atoms with Gasteiger partial charge in [0.05, 0.1) is 5.75 Å². The van der Waals surface area contributed by atoms with Crippen molar-refractivity contribution in [2.45, 2.75) is 25.2 Å². The highest BCUT2D eigenvalue weighted by atomic mass is 32.2. The van der Waals surface area contributed by atoms with Crippen molar-refractivity contribution < 1.29 is 18.0 Å². The van der Waals surface area contributed by atoms with E-state index in [9.17, 15) is 18.0 Å². The Balaban J connectivity index is 2.06. The molecule has 7 heteroatoms. The molecule has 0 N–H and O–H groups in total. The Morgan fingerprint density at radius 3 is 2.55 bits per heavy atom. The highest BCUT2D eigenvalue weighted by molar-refractivity contribution is 7.99. The molecule has 0 unspecified atom stereocenters. The van der Waals surface area contributed by atoms with E-state index in [0.717, 1.165) is 35.2 Å². The minimum Gasteiger partial charge on any atom is -0.293 e. The maximum atomic E-state index is 12.5. The molecule has 2 aromatic rings. The molecular weight excluding hydrogens is 313 g/mol. The van der Waals surface area contributed by atoms with Gasteiger partial charge in [0.25, 0.3) is 0 Å². The lowest BCUT2D eigenvalue weighted by Crippen LogP contribution is -2.09. The van der Waals surface area contributed by atoms with Gasteiger partial charge < -0.3 is 0 Å². The Hall–Kier alpha value is -1.89. The smallest absolute Gasteiger partial charge is 0.293 e. The molecule has 0 spiro atoms. The molecule has 1 heterocycles. The van der Waals surface area contributed by atoms with E-state index in [-0.39, 0.29) is 16.7 Å². The van der Waals surface area contributed by atoms with E-state index in [4.69, 9.17) is 0 Å². The summed E-state index contributed by atoms with van der Waals surface area (Å²) in [5, 5.41) is -0.0630. The molecule has 116 valence electrons. The van der Waals surface area contributed by atoms with Crippen LogP contribution in [0.2, 0.25) is 0 Å². The van der Waals surface area contributed by atoms with E-state index in [2.05, 4.69) is 9.97 Å². The molecule has 0 aliphatic carbocycles. The number of carbonyl (C=O) groups excluding carboxylic acids is 1. The molecule has 1 aromatic heterocycles. The van der Waals surface area contributed by atoms with Crippen molar-refractivity contribution in [1.82, 2.24) is 9.97 Å². The van der Waals surface area contributed by atoms with Gasteiger partial charge in [0, 0.05) is 11.8 Å². The van der Waals surface area contributed by atoms with Crippen molar-refractivity contribution in [1.29, 1.82) is 0 Å². The predicted octanol–water partition coefficient (Wildman–Crippen LogP) is 4.09. The zero-order valence-electron chi connectivity index (χ0n) is 11.9. The van der Waals surface area contributed by atoms with Crippen LogP contribution in [0.5, 0.6) is 0 Å². The van der Waals surface area contributed by atoms with Gasteiger partial charge in [0.15, 0.2) is 10.9 Å². The highest BCUT2D eigenvalue weighted by Crippen LogP contribution is 2.28. The summed E-state index contributed by atoms with van der Waals surface area (Å²) in [6, 6.07) is 6.12. The van der Waals surface area contributed by atoms with E-state index in [1.165, 1.54) is 0 Å². The number of hydrogen-bond acceptors (Lipinski definition) is 4. The summed E-state index contributed by atoms with van der Waals surface area (Å²) in [5.41, 5.74) is 1.59. The third kappa shape index (κ3) is 4.07. The van der Waals surface area contributed by atoms with E-state index in [0.29, 0.717) is 5.56 Å². The van der Waals surface area contributed by atoms with Crippen LogP contribution in [0.15, 0.2) is 35.6 Å². The van der Waals surface area contributed by atoms with Gasteiger partial charge in [-0.1, -0.05) is 23.9 Å². The van der Waals surface area contributed by atoms with Crippen molar-refractivity contribution in [2.24, 2.45) is 0 Å². The first-order valence-electron chi connectivity index (χ1n) is 6.41. The third-order valence-corrected chi connectivity index (χ3v) is 3.95. The van der Waals surface area contributed by atoms with Gasteiger partial charge in [0.1, 0.15) is 5.69 Å². The molecule has 1 aromatic carbocycles. The third-order valence-electron chi connectivity index (χ3n) is 3.09. The summed E-state index contributed by atoms with van der Waals surface area (Å²) < 4.78 is 37.6. The van der Waals surface area contributed by atoms with Crippen LogP contribution in [-0.4, -0.2) is 21.5 Å². The van der Waals surface area contributed by atoms with Crippen molar-refractivity contribution in [3.63, 3.8) is 0 Å². The Morgan fingerprint density at radius 2 is 1.91 bits per heavy atom. The first-order valence-corrected chi connectivity index (χ1v) is 7.39. The minimum atomic E-state index is -4.52. The number of aromatic nitrogens is 2. The quantitative estimate of drug-likeness (QED) is 0.482. The molecule has 0 saturated heterocycles. The van der Waals surface area contributed by atoms with Crippen LogP contribution in [-0.2, 0) is 6.18 Å². The number of alkyl halides is 3. The number of ketones is 1. The molecular formula is C15H13F3N2OS. The van der Waals surface area contributed by atoms with Gasteiger partial charge in [-0.3, -0.25) is 4.79 Å². The standard InChI is InChI=1S/C15H13F3N2OS/c1-9-3-4-11(7-10(9)2)12(21)8-22-14-19-6-5-13(20-14)15(16,17)18/h3-7H,8H2,1-2H3. The number of hydrogen-bond donors (Lipinski definition) is 0. The average Bonchev–Trinajstić information content (AvgIpc) is 2.47. The van der Waals surface area contributed by atoms with E-state index < -0.39 is 11.9 Å². The molecule has 0 aliphatic heterocycles. The van der Waals surface area contributed by atoms with Gasteiger partial charge in [-0.25, -0.2) is 9.97 Å². The largest absolute Gasteiger partial charge is 0.433 e. The van der Waals surface area contributed by atoms with Crippen LogP contribution in [0, 0.1) is 13.8 Å². The molecule has 0 amide bonds. The number of Topliss-reactive ketones (excluding diaryl/α,β-unsaturated/α-hetero) is 1. The zero-order chi connectivity index (χ0) is 16.3. The van der Waals surface area contributed by atoms with Crippen LogP contribution in [0.4, 0.5) is 13.2 Å². The molecule has 2 rings (SSSR count). The average molecular weight is 326 g/mol. The molecule has 0 radical (unpaired) electrons. The lowest BCUT2D eigenvalue weighted by atomic mass is 10.0. The Bertz CT molecular complexity index is 701. The fraction of sp³-hybridized carbons (Fsp3) is 0.267. The first-order chi connectivity index (χ1) is 10.3. The molecule has 3 nitrogen and oxygen atoms in total. The molecule has 0 bridgehead atoms. The van der Waals surface area contributed by atoms with Gasteiger partial charge in [-0.05, 0) is 37.1 Å². The minimum absolute atomic E-state index is 0.0101. The van der Waals surface area contributed by atoms with Crippen molar-refractivity contribution in [3.8, 4) is 0 Å². The molecule has 22 heavy (non-hydrogen) atoms. The highest BCUT2D eigenvalue weighted by Gasteiger charge is 2.32. The second-order valence-corrected chi connectivity index (χ2v) is 5.68. The number of rotatable bonds is 4. The normalized spacial score (nSPS) is 11.5. The van der Waals surface area contributed by atoms with Gasteiger partial charge >= 0.3 is 6.18 Å². The van der Waals surface area contributed by atoms with Crippen LogP contribution >= 0.6 is 11.8 Å². The van der Waals surface area contributed by atoms with Crippen molar-refractivity contribution >= 4 is 17.5 Å². The Kier molecular flexibility index (Phi) is 4.85. The van der Waals surface area contributed by atoms with Gasteiger partial charge in [-0.15, -0.1) is 0 Å². The lowest BCUT2D eigenvalue weighted by Gasteiger charge is -2.07. The van der Waals surface area contributed by atoms with E-state index in [1.54, 1.807) is 12.1 Å². The van der Waals surface area contributed by atoms with Gasteiger partial charge in [0.2, 0.25) is 0 Å². The summed E-state index contributed by atoms with van der Waals surface area (Å²) in [6.45, 7) is 3.84. The lowest BCUT2D eigenvalue weighted by molar-refractivity contribution is -0.141. The zero-order valence-corrected chi connectivity index (χ0v) is 12.8. The summed E-state index contributed by atoms with van der Waals surface area (Å²) in [5.74, 6) is -0.182. The Morgan fingerprint density at radius 1 is 1.18 bits per heavy atom. The second kappa shape index (κ2) is 6.48. The fourth-order valence-electron chi connectivity index (χ4n) is 1.70. The predicted molar refractivity (Wildman–Crippen MR) is 78.0 cm³/mol. The number of thioether (sulfide) groups is 1. The van der Waals surface area contributed by atoms with Gasteiger partial charge in [-0.2, -0.15) is 13.2 Å².